The van der Waals surface area contributed by atoms with Gasteiger partial charge in [0.15, 0.2) is 0 Å². The topological polar surface area (TPSA) is 3.24 Å². The summed E-state index contributed by atoms with van der Waals surface area (Å²) in [7, 11) is 0. The van der Waals surface area contributed by atoms with Gasteiger partial charge in [-0.2, -0.15) is 0 Å². The standard InChI is InChI=1S/C68H45NS/c1-4-19-46(20-5-1)47-35-39-51(40-36-47)69(52-41-37-48(38-42-52)54-27-18-28-58-57-26-11-17-34-65(57)70-66(54)58)53-43-44-56-55-25-10-12-29-59(55)68(64(56)45-53)62-32-15-13-30-60(62)67(49-21-6-2-7-22-49,50-23-8-3-9-24-50)61-31-14-16-33-63(61)68/h1-45H. The zero-order valence-corrected chi connectivity index (χ0v) is 39.2. The highest BCUT2D eigenvalue weighted by molar-refractivity contribution is 7.26. The predicted molar refractivity (Wildman–Crippen MR) is 294 cm³/mol. The monoisotopic (exact) mass is 907 g/mol. The Morgan fingerprint density at radius 2 is 0.714 bits per heavy atom. The zero-order chi connectivity index (χ0) is 46.2. The molecule has 1 spiro atoms. The van der Waals surface area contributed by atoms with Gasteiger partial charge in [0.05, 0.1) is 10.8 Å². The largest absolute Gasteiger partial charge is 0.310 e. The van der Waals surface area contributed by atoms with Crippen molar-refractivity contribution in [3.05, 3.63) is 317 Å². The smallest absolute Gasteiger partial charge is 0.0720 e. The van der Waals surface area contributed by atoms with Gasteiger partial charge >= 0.3 is 0 Å². The van der Waals surface area contributed by atoms with Gasteiger partial charge < -0.3 is 4.90 Å². The van der Waals surface area contributed by atoms with Crippen LogP contribution in [0.1, 0.15) is 44.5 Å². The summed E-state index contributed by atoms with van der Waals surface area (Å²) in [6.45, 7) is 0. The third-order valence-electron chi connectivity index (χ3n) is 15.2. The summed E-state index contributed by atoms with van der Waals surface area (Å²) < 4.78 is 2.64. The molecule has 0 radical (unpaired) electrons. The van der Waals surface area contributed by atoms with Crippen LogP contribution in [-0.4, -0.2) is 0 Å². The van der Waals surface area contributed by atoms with E-state index in [1.807, 2.05) is 11.3 Å². The van der Waals surface area contributed by atoms with E-state index in [1.165, 1.54) is 98.1 Å². The molecule has 0 saturated carbocycles. The number of thiophene rings is 1. The molecule has 70 heavy (non-hydrogen) atoms. The second-order valence-electron chi connectivity index (χ2n) is 18.7. The molecule has 0 amide bonds. The molecule has 0 bridgehead atoms. The van der Waals surface area contributed by atoms with Crippen molar-refractivity contribution in [2.45, 2.75) is 10.8 Å². The molecule has 328 valence electrons. The minimum Gasteiger partial charge on any atom is -0.310 e. The molecule has 0 aliphatic heterocycles. The Morgan fingerprint density at radius 3 is 1.34 bits per heavy atom. The summed E-state index contributed by atoms with van der Waals surface area (Å²) in [5.74, 6) is 0. The van der Waals surface area contributed by atoms with Gasteiger partial charge in [-0.15, -0.1) is 11.3 Å². The van der Waals surface area contributed by atoms with Gasteiger partial charge in [-0.3, -0.25) is 0 Å². The average molecular weight is 908 g/mol. The SMILES string of the molecule is c1ccc(-c2ccc(N(c3ccc(-c4cccc5c4sc4ccccc45)cc3)c3ccc4c(c3)C3(c5ccccc5-4)c4ccccc4C(c4ccccc4)(c4ccccc4)c4ccccc43)cc2)cc1. The maximum absolute atomic E-state index is 2.51. The van der Waals surface area contributed by atoms with Gasteiger partial charge in [0.2, 0.25) is 0 Å². The van der Waals surface area contributed by atoms with Crippen LogP contribution in [0, 0.1) is 0 Å². The Labute approximate surface area is 412 Å². The molecule has 0 atom stereocenters. The summed E-state index contributed by atoms with van der Waals surface area (Å²) in [4.78, 5) is 2.45. The van der Waals surface area contributed by atoms with Crippen LogP contribution in [-0.2, 0) is 10.8 Å². The Balaban J connectivity index is 0.999. The number of fused-ring (bicyclic) bond motifs is 12. The molecule has 0 saturated heterocycles. The lowest BCUT2D eigenvalue weighted by molar-refractivity contribution is 0.623. The first-order valence-electron chi connectivity index (χ1n) is 24.2. The molecule has 0 N–H and O–H groups in total. The van der Waals surface area contributed by atoms with Gasteiger partial charge in [0, 0.05) is 37.2 Å². The molecule has 1 heterocycles. The summed E-state index contributed by atoms with van der Waals surface area (Å²) in [5, 5.41) is 2.63. The first-order valence-corrected chi connectivity index (χ1v) is 25.1. The molecule has 1 nitrogen and oxygen atoms in total. The molecule has 0 unspecified atom stereocenters. The van der Waals surface area contributed by atoms with Crippen molar-refractivity contribution in [2.24, 2.45) is 0 Å². The Bertz CT molecular complexity index is 3840. The maximum atomic E-state index is 2.51. The highest BCUT2D eigenvalue weighted by Crippen LogP contribution is 2.65. The van der Waals surface area contributed by atoms with Crippen LogP contribution in [0.15, 0.2) is 273 Å². The summed E-state index contributed by atoms with van der Waals surface area (Å²) >= 11 is 1.88. The van der Waals surface area contributed by atoms with Crippen molar-refractivity contribution in [3.8, 4) is 33.4 Å². The van der Waals surface area contributed by atoms with Crippen LogP contribution in [0.2, 0.25) is 0 Å². The van der Waals surface area contributed by atoms with Crippen molar-refractivity contribution in [1.82, 2.24) is 0 Å². The highest BCUT2D eigenvalue weighted by Gasteiger charge is 2.56. The lowest BCUT2D eigenvalue weighted by Crippen LogP contribution is -2.44. The molecule has 11 aromatic carbocycles. The molecule has 2 aliphatic carbocycles. The second-order valence-corrected chi connectivity index (χ2v) is 19.7. The lowest BCUT2D eigenvalue weighted by Gasteiger charge is -2.50. The van der Waals surface area contributed by atoms with Crippen molar-refractivity contribution >= 4 is 48.6 Å². The van der Waals surface area contributed by atoms with Gasteiger partial charge in [-0.05, 0) is 120 Å². The molecular weight excluding hydrogens is 863 g/mol. The molecule has 14 rings (SSSR count). The first-order chi connectivity index (χ1) is 34.7. The molecule has 2 heteroatoms. The van der Waals surface area contributed by atoms with Gasteiger partial charge in [0.25, 0.3) is 0 Å². The fraction of sp³-hybridized carbons (Fsp3) is 0.0294. The van der Waals surface area contributed by atoms with Crippen LogP contribution in [0.5, 0.6) is 0 Å². The third-order valence-corrected chi connectivity index (χ3v) is 16.5. The van der Waals surface area contributed by atoms with Crippen molar-refractivity contribution in [2.75, 3.05) is 4.90 Å². The molecule has 0 fully saturated rings. The van der Waals surface area contributed by atoms with Crippen LogP contribution in [0.25, 0.3) is 53.6 Å². The summed E-state index contributed by atoms with van der Waals surface area (Å²) in [6.07, 6.45) is 0. The van der Waals surface area contributed by atoms with E-state index in [1.54, 1.807) is 0 Å². The fourth-order valence-corrected chi connectivity index (χ4v) is 13.6. The number of nitrogens with zero attached hydrogens (tertiary/aromatic N) is 1. The average Bonchev–Trinajstić information content (AvgIpc) is 3.96. The van der Waals surface area contributed by atoms with Crippen molar-refractivity contribution < 1.29 is 0 Å². The number of hydrogen-bond donors (Lipinski definition) is 0. The number of benzene rings is 11. The van der Waals surface area contributed by atoms with Crippen LogP contribution in [0.3, 0.4) is 0 Å². The lowest BCUT2D eigenvalue weighted by atomic mass is 9.51. The van der Waals surface area contributed by atoms with Crippen LogP contribution in [0.4, 0.5) is 17.1 Å². The summed E-state index contributed by atoms with van der Waals surface area (Å²) in [5.41, 5.74) is 19.9. The molecule has 2 aliphatic rings. The number of hydrogen-bond acceptors (Lipinski definition) is 2. The Hall–Kier alpha value is -8.56. The van der Waals surface area contributed by atoms with Crippen molar-refractivity contribution in [1.29, 1.82) is 0 Å². The van der Waals surface area contributed by atoms with E-state index in [0.29, 0.717) is 0 Å². The van der Waals surface area contributed by atoms with E-state index in [2.05, 4.69) is 278 Å². The second kappa shape index (κ2) is 16.0. The quantitative estimate of drug-likeness (QED) is 0.154. The maximum Gasteiger partial charge on any atom is 0.0720 e. The Morgan fingerprint density at radius 1 is 0.271 bits per heavy atom. The van der Waals surface area contributed by atoms with E-state index in [9.17, 15) is 0 Å². The van der Waals surface area contributed by atoms with E-state index >= 15 is 0 Å². The van der Waals surface area contributed by atoms with E-state index < -0.39 is 10.8 Å². The van der Waals surface area contributed by atoms with Gasteiger partial charge in [-0.25, -0.2) is 0 Å². The zero-order valence-electron chi connectivity index (χ0n) is 38.3. The minimum absolute atomic E-state index is 0.565. The summed E-state index contributed by atoms with van der Waals surface area (Å²) in [6, 6.07) is 102. The van der Waals surface area contributed by atoms with E-state index in [0.717, 1.165) is 17.1 Å². The third kappa shape index (κ3) is 5.84. The molecule has 12 aromatic rings. The van der Waals surface area contributed by atoms with E-state index in [-0.39, 0.29) is 0 Å². The first kappa shape index (κ1) is 40.5. The normalized spacial score (nSPS) is 13.7. The highest BCUT2D eigenvalue weighted by atomic mass is 32.1. The predicted octanol–water partition coefficient (Wildman–Crippen LogP) is 17.9. The Kier molecular flexibility index (Phi) is 9.27. The van der Waals surface area contributed by atoms with Crippen LogP contribution >= 0.6 is 11.3 Å². The van der Waals surface area contributed by atoms with Crippen LogP contribution < -0.4 is 4.90 Å². The fourth-order valence-electron chi connectivity index (χ4n) is 12.4. The number of rotatable bonds is 7. The number of anilines is 3. The van der Waals surface area contributed by atoms with E-state index in [4.69, 9.17) is 0 Å². The minimum atomic E-state index is -0.613. The van der Waals surface area contributed by atoms with Crippen molar-refractivity contribution in [3.63, 3.8) is 0 Å². The molecular formula is C68H45NS. The van der Waals surface area contributed by atoms with Gasteiger partial charge in [-0.1, -0.05) is 231 Å². The molecule has 1 aromatic heterocycles. The van der Waals surface area contributed by atoms with Gasteiger partial charge in [0.1, 0.15) is 0 Å².